The smallest absolute Gasteiger partial charge is 0.408 e. The fourth-order valence-corrected chi connectivity index (χ4v) is 9.88. The number of carbonyl (C=O) groups excluding carboxylic acids is 4. The first-order chi connectivity index (χ1) is 29.2. The minimum Gasteiger partial charge on any atom is -0.465 e. The minimum absolute atomic E-state index is 0.103. The van der Waals surface area contributed by atoms with Gasteiger partial charge in [-0.3, -0.25) is 4.79 Å². The molecule has 3 N–H and O–H groups in total. The van der Waals surface area contributed by atoms with Crippen molar-refractivity contribution in [2.24, 2.45) is 23.7 Å². The van der Waals surface area contributed by atoms with E-state index in [0.29, 0.717) is 36.0 Å². The van der Waals surface area contributed by atoms with Crippen molar-refractivity contribution in [2.75, 3.05) is 41.0 Å². The lowest BCUT2D eigenvalue weighted by atomic mass is 9.71. The van der Waals surface area contributed by atoms with Crippen molar-refractivity contribution in [3.05, 3.63) is 59.2 Å². The molecule has 16 nitrogen and oxygen atoms in total. The second-order valence-electron chi connectivity index (χ2n) is 18.2. The average Bonchev–Trinajstić information content (AvgIpc) is 3.56. The molecule has 5 rings (SSSR count). The van der Waals surface area contributed by atoms with Crippen molar-refractivity contribution >= 4 is 24.1 Å². The standard InChI is InChI=1S/C46H69N3O13/c1-13-35-46(9)38(48-44(54)62-46)28(5)33(17-18-56-43(53)47-22-31-15-14-16-32(20-31)41(52)55-12)26(3)21-45(8)39(61-42-36(50)34(49(10)11)19-27(4)59-42)29(6)37(30(7)40(51)60-35)57-23-25(2)24-58-45/h14-17,20,26-30,34-39,42,50H,2,13,18-19,21-24H2,1,3-12H3,(H,47,53)(H,48,54)/b33-17+/t26-,27-,28+,29+,30-,34+,35-,36-,37?,38?,39-,42?,45-,46-/m1/s1. The highest BCUT2D eigenvalue weighted by Gasteiger charge is 2.57. The summed E-state index contributed by atoms with van der Waals surface area (Å²) in [7, 11) is 5.12. The largest absolute Gasteiger partial charge is 0.465 e. The van der Waals surface area contributed by atoms with Gasteiger partial charge in [0.15, 0.2) is 11.9 Å². The fourth-order valence-electron chi connectivity index (χ4n) is 9.88. The summed E-state index contributed by atoms with van der Waals surface area (Å²) in [4.78, 5) is 54.6. The normalized spacial score (nSPS) is 37.8. The molecule has 0 saturated carbocycles. The quantitative estimate of drug-likeness (QED) is 0.165. The van der Waals surface area contributed by atoms with Crippen molar-refractivity contribution in [3.8, 4) is 0 Å². The third-order valence-corrected chi connectivity index (χ3v) is 13.2. The van der Waals surface area contributed by atoms with Gasteiger partial charge in [-0.1, -0.05) is 52.0 Å². The van der Waals surface area contributed by atoms with E-state index in [1.807, 2.05) is 66.6 Å². The van der Waals surface area contributed by atoms with Gasteiger partial charge < -0.3 is 58.5 Å². The van der Waals surface area contributed by atoms with Gasteiger partial charge in [0.05, 0.1) is 61.8 Å². The molecule has 1 aromatic rings. The number of benzene rings is 1. The van der Waals surface area contributed by atoms with Crippen LogP contribution in [-0.4, -0.2) is 135 Å². The highest BCUT2D eigenvalue weighted by atomic mass is 16.7. The molecule has 0 aliphatic carbocycles. The average molecular weight is 872 g/mol. The van der Waals surface area contributed by atoms with E-state index in [1.54, 1.807) is 38.1 Å². The minimum atomic E-state index is -1.29. The van der Waals surface area contributed by atoms with Gasteiger partial charge in [-0.15, -0.1) is 0 Å². The summed E-state index contributed by atoms with van der Waals surface area (Å²) in [5, 5.41) is 17.5. The van der Waals surface area contributed by atoms with E-state index in [0.717, 1.165) is 5.57 Å². The number of likely N-dealkylation sites (N-methyl/N-ethyl adjacent to an activating group) is 1. The summed E-state index contributed by atoms with van der Waals surface area (Å²) in [6.07, 6.45) is -2.92. The van der Waals surface area contributed by atoms with E-state index in [-0.39, 0.29) is 44.4 Å². The van der Waals surface area contributed by atoms with Crippen LogP contribution in [0.4, 0.5) is 9.59 Å². The first kappa shape index (κ1) is 49.0. The number of fused-ring (bicyclic) bond motifs is 4. The summed E-state index contributed by atoms with van der Waals surface area (Å²) < 4.78 is 49.6. The number of hydrogen-bond acceptors (Lipinski definition) is 14. The number of esters is 2. The number of amides is 2. The number of aliphatic hydroxyl groups is 1. The third kappa shape index (κ3) is 11.0. The van der Waals surface area contributed by atoms with Gasteiger partial charge in [-0.25, -0.2) is 14.4 Å². The highest BCUT2D eigenvalue weighted by Crippen LogP contribution is 2.44. The molecule has 0 aromatic heterocycles. The first-order valence-corrected chi connectivity index (χ1v) is 21.8. The molecule has 3 unspecified atom stereocenters. The van der Waals surface area contributed by atoms with Gasteiger partial charge in [0.25, 0.3) is 0 Å². The molecular formula is C46H69N3O13. The molecule has 4 aliphatic heterocycles. The first-order valence-electron chi connectivity index (χ1n) is 21.8. The molecule has 4 saturated heterocycles. The molecule has 4 heterocycles. The van der Waals surface area contributed by atoms with Crippen molar-refractivity contribution in [1.82, 2.24) is 15.5 Å². The van der Waals surface area contributed by atoms with Gasteiger partial charge in [0.2, 0.25) is 0 Å². The Balaban J connectivity index is 1.55. The molecule has 1 aromatic carbocycles. The molecule has 346 valence electrons. The Bertz CT molecular complexity index is 1810. The highest BCUT2D eigenvalue weighted by molar-refractivity contribution is 5.89. The van der Waals surface area contributed by atoms with Crippen LogP contribution in [0.3, 0.4) is 0 Å². The van der Waals surface area contributed by atoms with Crippen LogP contribution in [0.2, 0.25) is 0 Å². The van der Waals surface area contributed by atoms with Crippen molar-refractivity contribution in [1.29, 1.82) is 0 Å². The SMILES string of the molecule is C=C1COC2[C@@H](C)C(=O)O[C@H](CC)[C@@]3(C)OC(=O)NC3[C@@H](C)/C(=C/COC(=O)NCc3cccc(C(=O)OC)c3)[C@H](C)C[C@@](C)(OC1)[C@H](OC1O[C@H](C)C[C@H](N(C)C)[C@H]1O)[C@H]2C. The number of alkyl carbamates (subject to hydrolysis) is 2. The van der Waals surface area contributed by atoms with Crippen molar-refractivity contribution in [3.63, 3.8) is 0 Å². The molecule has 0 spiro atoms. The van der Waals surface area contributed by atoms with Crippen LogP contribution in [0.15, 0.2) is 48.1 Å². The molecule has 62 heavy (non-hydrogen) atoms. The van der Waals surface area contributed by atoms with E-state index < -0.39 is 89.8 Å². The zero-order valence-corrected chi connectivity index (χ0v) is 38.3. The van der Waals surface area contributed by atoms with E-state index in [1.165, 1.54) is 7.11 Å². The number of hydrogen-bond donors (Lipinski definition) is 3. The van der Waals surface area contributed by atoms with Crippen LogP contribution in [0.25, 0.3) is 0 Å². The number of ether oxygens (including phenoxy) is 8. The van der Waals surface area contributed by atoms with Crippen LogP contribution >= 0.6 is 0 Å². The van der Waals surface area contributed by atoms with Crippen LogP contribution in [0.1, 0.15) is 90.6 Å². The summed E-state index contributed by atoms with van der Waals surface area (Å²) in [5.41, 5.74) is 0.0924. The van der Waals surface area contributed by atoms with Crippen LogP contribution in [-0.2, 0) is 49.2 Å². The monoisotopic (exact) mass is 871 g/mol. The summed E-state index contributed by atoms with van der Waals surface area (Å²) >= 11 is 0. The molecule has 4 aliphatic rings. The Hall–Kier alpha value is -4.06. The maximum atomic E-state index is 14.3. The molecule has 2 amide bonds. The number of nitrogens with zero attached hydrogens (tertiary/aromatic N) is 1. The molecule has 16 heteroatoms. The third-order valence-electron chi connectivity index (χ3n) is 13.2. The lowest BCUT2D eigenvalue weighted by Crippen LogP contribution is -2.60. The summed E-state index contributed by atoms with van der Waals surface area (Å²) in [6.45, 7) is 19.7. The van der Waals surface area contributed by atoms with Crippen LogP contribution in [0, 0.1) is 23.7 Å². The lowest BCUT2D eigenvalue weighted by Gasteiger charge is -2.49. The van der Waals surface area contributed by atoms with E-state index in [4.69, 9.17) is 37.9 Å². The Morgan fingerprint density at radius 2 is 1.82 bits per heavy atom. The number of nitrogens with one attached hydrogen (secondary N) is 2. The number of carbonyl (C=O) groups is 4. The Morgan fingerprint density at radius 1 is 1.10 bits per heavy atom. The summed E-state index contributed by atoms with van der Waals surface area (Å²) in [5.74, 6) is -3.14. The topological polar surface area (TPSA) is 190 Å². The Morgan fingerprint density at radius 3 is 2.50 bits per heavy atom. The molecule has 0 radical (unpaired) electrons. The van der Waals surface area contributed by atoms with E-state index >= 15 is 0 Å². The Kier molecular flexibility index (Phi) is 16.3. The molecular weight excluding hydrogens is 803 g/mol. The maximum Gasteiger partial charge on any atom is 0.408 e. The van der Waals surface area contributed by atoms with Gasteiger partial charge in [-0.05, 0) is 96.3 Å². The van der Waals surface area contributed by atoms with E-state index in [2.05, 4.69) is 17.2 Å². The van der Waals surface area contributed by atoms with Gasteiger partial charge in [-0.2, -0.15) is 0 Å². The zero-order valence-electron chi connectivity index (χ0n) is 38.3. The van der Waals surface area contributed by atoms with Gasteiger partial charge >= 0.3 is 24.1 Å². The number of methoxy groups -OCH3 is 1. The predicted molar refractivity (Wildman–Crippen MR) is 228 cm³/mol. The molecule has 2 bridgehead atoms. The van der Waals surface area contributed by atoms with E-state index in [9.17, 15) is 24.3 Å². The number of aliphatic hydroxyl groups excluding tert-OH is 1. The zero-order chi connectivity index (χ0) is 45.7. The maximum absolute atomic E-state index is 14.3. The van der Waals surface area contributed by atoms with Crippen LogP contribution < -0.4 is 10.6 Å². The van der Waals surface area contributed by atoms with Gasteiger partial charge in [0.1, 0.15) is 18.8 Å². The fraction of sp³-hybridized carbons (Fsp3) is 0.696. The summed E-state index contributed by atoms with van der Waals surface area (Å²) in [6, 6.07) is 5.80. The molecule has 14 atom stereocenters. The predicted octanol–water partition coefficient (Wildman–Crippen LogP) is 5.30. The number of cyclic esters (lactones) is 1. The van der Waals surface area contributed by atoms with Crippen LogP contribution in [0.5, 0.6) is 0 Å². The lowest BCUT2D eigenvalue weighted by molar-refractivity contribution is -0.302. The number of rotatable bonds is 9. The Labute approximate surface area is 366 Å². The molecule has 4 fully saturated rings. The van der Waals surface area contributed by atoms with Crippen molar-refractivity contribution in [2.45, 2.75) is 141 Å². The second-order valence-corrected chi connectivity index (χ2v) is 18.2. The van der Waals surface area contributed by atoms with Gasteiger partial charge in [0, 0.05) is 24.4 Å². The second kappa shape index (κ2) is 20.6. The van der Waals surface area contributed by atoms with Crippen molar-refractivity contribution < 1.29 is 62.2 Å².